The molecule has 104 valence electrons. The lowest BCUT2D eigenvalue weighted by Crippen LogP contribution is -2.18. The van der Waals surface area contributed by atoms with Gasteiger partial charge in [0, 0.05) is 28.9 Å². The van der Waals surface area contributed by atoms with E-state index in [9.17, 15) is 9.59 Å². The van der Waals surface area contributed by atoms with Gasteiger partial charge >= 0.3 is 0 Å². The molecule has 21 heavy (non-hydrogen) atoms. The molecule has 0 aliphatic rings. The Labute approximate surface area is 121 Å². The van der Waals surface area contributed by atoms with Gasteiger partial charge in [0.25, 0.3) is 0 Å². The number of hydrogen-bond donors (Lipinski definition) is 1. The van der Waals surface area contributed by atoms with Crippen LogP contribution in [0.2, 0.25) is 0 Å². The number of hydrogen-bond acceptors (Lipinski definition) is 3. The molecule has 0 unspecified atom stereocenters. The predicted octanol–water partition coefficient (Wildman–Crippen LogP) is 2.49. The Hall–Kier alpha value is -2.95. The molecule has 5 nitrogen and oxygen atoms in total. The highest BCUT2D eigenvalue weighted by molar-refractivity contribution is 5.99. The number of fused-ring (bicyclic) bond motifs is 1. The van der Waals surface area contributed by atoms with E-state index in [2.05, 4.69) is 10.3 Å². The van der Waals surface area contributed by atoms with Gasteiger partial charge in [-0.15, -0.1) is 0 Å². The number of nitrogens with zero attached hydrogens (tertiary/aromatic N) is 2. The van der Waals surface area contributed by atoms with Crippen molar-refractivity contribution in [3.63, 3.8) is 0 Å². The van der Waals surface area contributed by atoms with Crippen molar-refractivity contribution in [1.82, 2.24) is 9.55 Å². The van der Waals surface area contributed by atoms with Gasteiger partial charge in [0.15, 0.2) is 6.29 Å². The summed E-state index contributed by atoms with van der Waals surface area (Å²) in [6, 6.07) is 11.0. The van der Waals surface area contributed by atoms with Crippen LogP contribution in [-0.2, 0) is 11.3 Å². The molecule has 0 radical (unpaired) electrons. The summed E-state index contributed by atoms with van der Waals surface area (Å²) >= 11 is 0. The highest BCUT2D eigenvalue weighted by Crippen LogP contribution is 2.19. The Kier molecular flexibility index (Phi) is 3.47. The minimum Gasteiger partial charge on any atom is -0.337 e. The first-order valence-electron chi connectivity index (χ1n) is 6.51. The molecule has 1 amide bonds. The summed E-state index contributed by atoms with van der Waals surface area (Å²) < 4.78 is 1.77. The van der Waals surface area contributed by atoms with Gasteiger partial charge in [-0.1, -0.05) is 18.2 Å². The zero-order valence-corrected chi connectivity index (χ0v) is 11.2. The fraction of sp³-hybridized carbons (Fsp3) is 0.0625. The molecule has 1 N–H and O–H groups in total. The highest BCUT2D eigenvalue weighted by Gasteiger charge is 2.10. The Bertz CT molecular complexity index is 794. The van der Waals surface area contributed by atoms with Gasteiger partial charge in [-0.3, -0.25) is 14.6 Å². The average molecular weight is 279 g/mol. The number of pyridine rings is 1. The number of carbonyl (C=O) groups excluding carboxylic acids is 2. The molecule has 0 saturated heterocycles. The summed E-state index contributed by atoms with van der Waals surface area (Å²) in [6.07, 6.45) is 5.73. The zero-order chi connectivity index (χ0) is 14.7. The number of aldehydes is 1. The van der Waals surface area contributed by atoms with Gasteiger partial charge in [0.05, 0.1) is 11.9 Å². The van der Waals surface area contributed by atoms with Gasteiger partial charge < -0.3 is 9.88 Å². The van der Waals surface area contributed by atoms with Crippen molar-refractivity contribution in [2.75, 3.05) is 5.32 Å². The van der Waals surface area contributed by atoms with E-state index in [0.29, 0.717) is 11.3 Å². The van der Waals surface area contributed by atoms with E-state index in [-0.39, 0.29) is 12.5 Å². The van der Waals surface area contributed by atoms with Crippen molar-refractivity contribution in [1.29, 1.82) is 0 Å². The Morgan fingerprint density at radius 3 is 2.86 bits per heavy atom. The molecule has 3 aromatic rings. The number of nitrogens with one attached hydrogen (secondary N) is 1. The second-order valence-corrected chi connectivity index (χ2v) is 4.64. The number of carbonyl (C=O) groups is 2. The number of rotatable bonds is 4. The van der Waals surface area contributed by atoms with Crippen molar-refractivity contribution in [2.45, 2.75) is 6.54 Å². The van der Waals surface area contributed by atoms with Crippen LogP contribution in [0.15, 0.2) is 55.0 Å². The molecule has 1 aromatic carbocycles. The van der Waals surface area contributed by atoms with Gasteiger partial charge in [-0.05, 0) is 18.2 Å². The SMILES string of the molecule is O=Cc1cn(CC(=O)Nc2cccnc2)c2ccccc12. The molecule has 5 heteroatoms. The summed E-state index contributed by atoms with van der Waals surface area (Å²) in [5, 5.41) is 3.62. The molecule has 2 aromatic heterocycles. The first-order chi connectivity index (χ1) is 10.3. The Morgan fingerprint density at radius 2 is 2.10 bits per heavy atom. The van der Waals surface area contributed by atoms with E-state index in [4.69, 9.17) is 0 Å². The predicted molar refractivity (Wildman–Crippen MR) is 80.2 cm³/mol. The third-order valence-corrected chi connectivity index (χ3v) is 3.21. The molecular weight excluding hydrogens is 266 g/mol. The second kappa shape index (κ2) is 5.58. The number of amides is 1. The molecule has 0 fully saturated rings. The van der Waals surface area contributed by atoms with Crippen LogP contribution >= 0.6 is 0 Å². The Balaban J connectivity index is 1.85. The van der Waals surface area contributed by atoms with E-state index in [1.165, 1.54) is 0 Å². The third kappa shape index (κ3) is 2.67. The zero-order valence-electron chi connectivity index (χ0n) is 11.2. The quantitative estimate of drug-likeness (QED) is 0.746. The highest BCUT2D eigenvalue weighted by atomic mass is 16.2. The second-order valence-electron chi connectivity index (χ2n) is 4.64. The monoisotopic (exact) mass is 279 g/mol. The van der Waals surface area contributed by atoms with Crippen LogP contribution in [0.3, 0.4) is 0 Å². The lowest BCUT2D eigenvalue weighted by molar-refractivity contribution is -0.116. The van der Waals surface area contributed by atoms with Crippen molar-refractivity contribution < 1.29 is 9.59 Å². The molecule has 0 spiro atoms. The van der Waals surface area contributed by atoms with E-state index in [1.807, 2.05) is 24.3 Å². The van der Waals surface area contributed by atoms with E-state index in [0.717, 1.165) is 17.2 Å². The van der Waals surface area contributed by atoms with Crippen LogP contribution in [0.1, 0.15) is 10.4 Å². The van der Waals surface area contributed by atoms with Crippen LogP contribution in [0.25, 0.3) is 10.9 Å². The van der Waals surface area contributed by atoms with Crippen molar-refractivity contribution >= 4 is 28.8 Å². The summed E-state index contributed by atoms with van der Waals surface area (Å²) in [7, 11) is 0. The standard InChI is InChI=1S/C16H13N3O2/c20-11-12-9-19(15-6-2-1-5-14(12)15)10-16(21)18-13-4-3-7-17-8-13/h1-9,11H,10H2,(H,18,21). The van der Waals surface area contributed by atoms with Crippen molar-refractivity contribution in [3.05, 3.63) is 60.6 Å². The molecule has 0 atom stereocenters. The Morgan fingerprint density at radius 1 is 1.24 bits per heavy atom. The van der Waals surface area contributed by atoms with Gasteiger partial charge in [0.1, 0.15) is 6.54 Å². The van der Waals surface area contributed by atoms with Crippen LogP contribution in [-0.4, -0.2) is 21.7 Å². The molecule has 0 aliphatic heterocycles. The maximum Gasteiger partial charge on any atom is 0.244 e. The summed E-state index contributed by atoms with van der Waals surface area (Å²) in [4.78, 5) is 27.1. The molecule has 2 heterocycles. The molecular formula is C16H13N3O2. The lowest BCUT2D eigenvalue weighted by atomic mass is 10.2. The largest absolute Gasteiger partial charge is 0.337 e. The van der Waals surface area contributed by atoms with Gasteiger partial charge in [-0.25, -0.2) is 0 Å². The van der Waals surface area contributed by atoms with Gasteiger partial charge in [-0.2, -0.15) is 0 Å². The van der Waals surface area contributed by atoms with Crippen molar-refractivity contribution in [3.8, 4) is 0 Å². The maximum atomic E-state index is 12.1. The number of aromatic nitrogens is 2. The lowest BCUT2D eigenvalue weighted by Gasteiger charge is -2.06. The summed E-state index contributed by atoms with van der Waals surface area (Å²) in [5.74, 6) is -0.166. The first-order valence-corrected chi connectivity index (χ1v) is 6.51. The first kappa shape index (κ1) is 13.1. The fourth-order valence-corrected chi connectivity index (χ4v) is 2.29. The van der Waals surface area contributed by atoms with E-state index < -0.39 is 0 Å². The number of benzene rings is 1. The van der Waals surface area contributed by atoms with Crippen molar-refractivity contribution in [2.24, 2.45) is 0 Å². The third-order valence-electron chi connectivity index (χ3n) is 3.21. The van der Waals surface area contributed by atoms with Crippen LogP contribution in [0, 0.1) is 0 Å². The van der Waals surface area contributed by atoms with Gasteiger partial charge in [0.2, 0.25) is 5.91 Å². The molecule has 3 rings (SSSR count). The molecule has 0 bridgehead atoms. The topological polar surface area (TPSA) is 64.0 Å². The number of para-hydroxylation sites is 1. The normalized spacial score (nSPS) is 10.5. The summed E-state index contributed by atoms with van der Waals surface area (Å²) in [5.41, 5.74) is 2.09. The van der Waals surface area contributed by atoms with Crippen LogP contribution in [0.4, 0.5) is 5.69 Å². The van der Waals surface area contributed by atoms with E-state index >= 15 is 0 Å². The van der Waals surface area contributed by atoms with Crippen LogP contribution < -0.4 is 5.32 Å². The molecule has 0 saturated carbocycles. The van der Waals surface area contributed by atoms with E-state index in [1.54, 1.807) is 35.3 Å². The van der Waals surface area contributed by atoms with Crippen LogP contribution in [0.5, 0.6) is 0 Å². The maximum absolute atomic E-state index is 12.1. The number of anilines is 1. The minimum absolute atomic E-state index is 0.142. The molecule has 0 aliphatic carbocycles. The smallest absolute Gasteiger partial charge is 0.244 e. The fourth-order valence-electron chi connectivity index (χ4n) is 2.29. The minimum atomic E-state index is -0.166. The summed E-state index contributed by atoms with van der Waals surface area (Å²) in [6.45, 7) is 0.142. The average Bonchev–Trinajstić information content (AvgIpc) is 2.86.